The molecule has 0 aliphatic rings. The highest BCUT2D eigenvalue weighted by molar-refractivity contribution is 7.99. The van der Waals surface area contributed by atoms with E-state index in [0.29, 0.717) is 23.2 Å². The topological polar surface area (TPSA) is 55.1 Å². The quantitative estimate of drug-likeness (QED) is 0.845. The van der Waals surface area contributed by atoms with Crippen molar-refractivity contribution in [3.63, 3.8) is 0 Å². The Balaban J connectivity index is 2.43. The standard InChI is InChI=1S/C13H19ClN2OS/c1-9(6-15)7-18-8-13(17)16-12-5-3-4-11(14)10(12)2/h3-5,9H,6-8,15H2,1-2H3,(H,16,17). The molecule has 5 heteroatoms. The molecule has 100 valence electrons. The lowest BCUT2D eigenvalue weighted by Gasteiger charge is -2.10. The Labute approximate surface area is 117 Å². The Morgan fingerprint density at radius 2 is 2.28 bits per heavy atom. The number of halogens is 1. The molecule has 1 aromatic carbocycles. The summed E-state index contributed by atoms with van der Waals surface area (Å²) in [5.41, 5.74) is 7.19. The van der Waals surface area contributed by atoms with Crippen LogP contribution in [-0.4, -0.2) is 24.0 Å². The summed E-state index contributed by atoms with van der Waals surface area (Å²) in [6.07, 6.45) is 0. The van der Waals surface area contributed by atoms with Crippen LogP contribution in [0.4, 0.5) is 5.69 Å². The van der Waals surface area contributed by atoms with Gasteiger partial charge in [-0.2, -0.15) is 11.8 Å². The maximum Gasteiger partial charge on any atom is 0.234 e. The Morgan fingerprint density at radius 1 is 1.56 bits per heavy atom. The van der Waals surface area contributed by atoms with Gasteiger partial charge in [-0.15, -0.1) is 0 Å². The number of amides is 1. The number of thioether (sulfide) groups is 1. The van der Waals surface area contributed by atoms with Gasteiger partial charge < -0.3 is 11.1 Å². The summed E-state index contributed by atoms with van der Waals surface area (Å²) in [6.45, 7) is 4.62. The molecule has 0 heterocycles. The zero-order chi connectivity index (χ0) is 13.5. The predicted octanol–water partition coefficient (Wildman–Crippen LogP) is 2.91. The predicted molar refractivity (Wildman–Crippen MR) is 80.4 cm³/mol. The van der Waals surface area contributed by atoms with Crippen LogP contribution in [0.5, 0.6) is 0 Å². The van der Waals surface area contributed by atoms with Gasteiger partial charge in [-0.1, -0.05) is 24.6 Å². The fourth-order valence-corrected chi connectivity index (χ4v) is 2.44. The van der Waals surface area contributed by atoms with E-state index in [1.807, 2.05) is 25.1 Å². The van der Waals surface area contributed by atoms with E-state index in [0.717, 1.165) is 17.0 Å². The first-order chi connectivity index (χ1) is 8.54. The second kappa shape index (κ2) is 7.67. The highest BCUT2D eigenvalue weighted by Gasteiger charge is 2.07. The number of hydrogen-bond donors (Lipinski definition) is 2. The number of carbonyl (C=O) groups is 1. The van der Waals surface area contributed by atoms with Crippen LogP contribution >= 0.6 is 23.4 Å². The first-order valence-electron chi connectivity index (χ1n) is 5.87. The first-order valence-corrected chi connectivity index (χ1v) is 7.40. The first kappa shape index (κ1) is 15.3. The molecular weight excluding hydrogens is 268 g/mol. The molecule has 0 saturated carbocycles. The average molecular weight is 287 g/mol. The van der Waals surface area contributed by atoms with Crippen molar-refractivity contribution >= 4 is 35.0 Å². The summed E-state index contributed by atoms with van der Waals surface area (Å²) in [5.74, 6) is 1.78. The van der Waals surface area contributed by atoms with Gasteiger partial charge in [0.15, 0.2) is 0 Å². The van der Waals surface area contributed by atoms with Gasteiger partial charge in [-0.3, -0.25) is 4.79 Å². The third kappa shape index (κ3) is 4.88. The molecule has 1 atom stereocenters. The zero-order valence-electron chi connectivity index (χ0n) is 10.7. The summed E-state index contributed by atoms with van der Waals surface area (Å²) in [7, 11) is 0. The van der Waals surface area contributed by atoms with Crippen molar-refractivity contribution in [2.24, 2.45) is 11.7 Å². The van der Waals surface area contributed by atoms with Gasteiger partial charge >= 0.3 is 0 Å². The second-order valence-corrected chi connectivity index (χ2v) is 5.75. The number of nitrogens with two attached hydrogens (primary N) is 1. The molecule has 0 spiro atoms. The number of hydrogen-bond acceptors (Lipinski definition) is 3. The second-order valence-electron chi connectivity index (χ2n) is 4.32. The molecule has 0 aromatic heterocycles. The van der Waals surface area contributed by atoms with Gasteiger partial charge in [-0.25, -0.2) is 0 Å². The molecule has 0 saturated heterocycles. The molecule has 1 rings (SSSR count). The minimum Gasteiger partial charge on any atom is -0.330 e. The molecular formula is C13H19ClN2OS. The van der Waals surface area contributed by atoms with E-state index in [-0.39, 0.29) is 5.91 Å². The summed E-state index contributed by atoms with van der Waals surface area (Å²) >= 11 is 7.59. The lowest BCUT2D eigenvalue weighted by molar-refractivity contribution is -0.113. The Morgan fingerprint density at radius 3 is 2.94 bits per heavy atom. The molecule has 1 aromatic rings. The van der Waals surface area contributed by atoms with E-state index in [4.69, 9.17) is 17.3 Å². The minimum atomic E-state index is -0.00501. The summed E-state index contributed by atoms with van der Waals surface area (Å²) in [5, 5.41) is 3.53. The van der Waals surface area contributed by atoms with E-state index in [1.165, 1.54) is 0 Å². The van der Waals surface area contributed by atoms with E-state index in [9.17, 15) is 4.79 Å². The third-order valence-corrected chi connectivity index (χ3v) is 4.26. The molecule has 3 N–H and O–H groups in total. The molecule has 18 heavy (non-hydrogen) atoms. The molecule has 1 amide bonds. The summed E-state index contributed by atoms with van der Waals surface area (Å²) in [6, 6.07) is 5.49. The summed E-state index contributed by atoms with van der Waals surface area (Å²) < 4.78 is 0. The van der Waals surface area contributed by atoms with Crippen LogP contribution in [0.2, 0.25) is 5.02 Å². The van der Waals surface area contributed by atoms with E-state index >= 15 is 0 Å². The van der Waals surface area contributed by atoms with Gasteiger partial charge in [0.2, 0.25) is 5.91 Å². The molecule has 0 fully saturated rings. The van der Waals surface area contributed by atoms with Crippen molar-refractivity contribution in [3.05, 3.63) is 28.8 Å². The highest BCUT2D eigenvalue weighted by atomic mass is 35.5. The number of nitrogens with one attached hydrogen (secondary N) is 1. The number of rotatable bonds is 6. The lowest BCUT2D eigenvalue weighted by atomic mass is 10.2. The van der Waals surface area contributed by atoms with Gasteiger partial charge in [0.1, 0.15) is 0 Å². The van der Waals surface area contributed by atoms with Crippen molar-refractivity contribution in [1.29, 1.82) is 0 Å². The van der Waals surface area contributed by atoms with Crippen LogP contribution < -0.4 is 11.1 Å². The Hall–Kier alpha value is -0.710. The van der Waals surface area contributed by atoms with E-state index in [1.54, 1.807) is 11.8 Å². The summed E-state index contributed by atoms with van der Waals surface area (Å²) in [4.78, 5) is 11.7. The zero-order valence-corrected chi connectivity index (χ0v) is 12.3. The average Bonchev–Trinajstić information content (AvgIpc) is 2.34. The molecule has 1 unspecified atom stereocenters. The van der Waals surface area contributed by atoms with Crippen LogP contribution in [0.3, 0.4) is 0 Å². The fourth-order valence-electron chi connectivity index (χ4n) is 1.35. The highest BCUT2D eigenvalue weighted by Crippen LogP contribution is 2.23. The van der Waals surface area contributed by atoms with Crippen molar-refractivity contribution in [3.8, 4) is 0 Å². The van der Waals surface area contributed by atoms with Crippen LogP contribution in [-0.2, 0) is 4.79 Å². The lowest BCUT2D eigenvalue weighted by Crippen LogP contribution is -2.18. The van der Waals surface area contributed by atoms with Crippen molar-refractivity contribution < 1.29 is 4.79 Å². The molecule has 0 aliphatic carbocycles. The van der Waals surface area contributed by atoms with Crippen LogP contribution in [0.1, 0.15) is 12.5 Å². The van der Waals surface area contributed by atoms with Crippen molar-refractivity contribution in [2.45, 2.75) is 13.8 Å². The monoisotopic (exact) mass is 286 g/mol. The third-order valence-electron chi connectivity index (χ3n) is 2.58. The number of anilines is 1. The maximum atomic E-state index is 11.7. The normalized spacial score (nSPS) is 12.2. The minimum absolute atomic E-state index is 0.00501. The van der Waals surface area contributed by atoms with Gasteiger partial charge in [0, 0.05) is 10.7 Å². The largest absolute Gasteiger partial charge is 0.330 e. The maximum absolute atomic E-state index is 11.7. The van der Waals surface area contributed by atoms with Gasteiger partial charge in [0.05, 0.1) is 5.75 Å². The molecule has 0 aliphatic heterocycles. The van der Waals surface area contributed by atoms with Gasteiger partial charge in [0.25, 0.3) is 0 Å². The number of carbonyl (C=O) groups excluding carboxylic acids is 1. The fraction of sp³-hybridized carbons (Fsp3) is 0.462. The smallest absolute Gasteiger partial charge is 0.234 e. The van der Waals surface area contributed by atoms with Crippen LogP contribution in [0.15, 0.2) is 18.2 Å². The SMILES string of the molecule is Cc1c(Cl)cccc1NC(=O)CSCC(C)CN. The Bertz CT molecular complexity index is 412. The molecule has 3 nitrogen and oxygen atoms in total. The van der Waals surface area contributed by atoms with Crippen molar-refractivity contribution in [2.75, 3.05) is 23.4 Å². The van der Waals surface area contributed by atoms with E-state index < -0.39 is 0 Å². The Kier molecular flexibility index (Phi) is 6.54. The van der Waals surface area contributed by atoms with Crippen molar-refractivity contribution in [1.82, 2.24) is 0 Å². The molecule has 0 bridgehead atoms. The van der Waals surface area contributed by atoms with Gasteiger partial charge in [-0.05, 0) is 42.8 Å². The van der Waals surface area contributed by atoms with Crippen LogP contribution in [0.25, 0.3) is 0 Å². The molecule has 0 radical (unpaired) electrons. The van der Waals surface area contributed by atoms with Crippen LogP contribution in [0, 0.1) is 12.8 Å². The van der Waals surface area contributed by atoms with E-state index in [2.05, 4.69) is 12.2 Å². The number of benzene rings is 1.